The third-order valence-electron chi connectivity index (χ3n) is 6.90. The molecule has 0 saturated carbocycles. The first-order valence-corrected chi connectivity index (χ1v) is 11.8. The van der Waals surface area contributed by atoms with Gasteiger partial charge in [0.25, 0.3) is 0 Å². The molecule has 4 aromatic carbocycles. The molecule has 4 aromatic heterocycles. The first-order valence-electron chi connectivity index (χ1n) is 11.8. The summed E-state index contributed by atoms with van der Waals surface area (Å²) in [6, 6.07) is 32.0. The molecule has 36 heavy (non-hydrogen) atoms. The molecule has 0 atom stereocenters. The lowest BCUT2D eigenvalue weighted by molar-refractivity contribution is 0.995. The third-order valence-corrected chi connectivity index (χ3v) is 6.90. The van der Waals surface area contributed by atoms with E-state index in [1.165, 1.54) is 27.2 Å². The first-order chi connectivity index (χ1) is 17.9. The molecule has 0 N–H and O–H groups in total. The predicted molar refractivity (Wildman–Crippen MR) is 144 cm³/mol. The van der Waals surface area contributed by atoms with E-state index in [2.05, 4.69) is 110 Å². The maximum atomic E-state index is 4.79. The normalized spacial score (nSPS) is 11.9. The number of hydrogen-bond acceptors (Lipinski definition) is 4. The fourth-order valence-corrected chi connectivity index (χ4v) is 5.44. The lowest BCUT2D eigenvalue weighted by atomic mass is 10.1. The van der Waals surface area contributed by atoms with E-state index in [9.17, 15) is 0 Å². The number of aromatic nitrogens is 6. The van der Waals surface area contributed by atoms with Gasteiger partial charge in [0.05, 0.1) is 28.3 Å². The molecule has 0 unspecified atom stereocenters. The molecule has 0 fully saturated rings. The second kappa shape index (κ2) is 7.20. The van der Waals surface area contributed by atoms with Gasteiger partial charge < -0.3 is 4.57 Å². The molecule has 0 aliphatic heterocycles. The van der Waals surface area contributed by atoms with E-state index >= 15 is 0 Å². The second-order valence-corrected chi connectivity index (χ2v) is 8.83. The molecule has 168 valence electrons. The summed E-state index contributed by atoms with van der Waals surface area (Å²) in [6.45, 7) is 0. The van der Waals surface area contributed by atoms with Gasteiger partial charge in [-0.3, -0.25) is 4.57 Å². The van der Waals surface area contributed by atoms with E-state index in [-0.39, 0.29) is 0 Å². The topological polar surface area (TPSA) is 61.4 Å². The maximum Gasteiger partial charge on any atom is 0.236 e. The molecule has 8 rings (SSSR count). The monoisotopic (exact) mass is 462 g/mol. The number of benzene rings is 4. The van der Waals surface area contributed by atoms with Gasteiger partial charge in [0.15, 0.2) is 5.65 Å². The van der Waals surface area contributed by atoms with Gasteiger partial charge in [-0.15, -0.1) is 0 Å². The van der Waals surface area contributed by atoms with Crippen LogP contribution in [0.5, 0.6) is 0 Å². The lowest BCUT2D eigenvalue weighted by Crippen LogP contribution is -2.02. The average molecular weight is 463 g/mol. The summed E-state index contributed by atoms with van der Waals surface area (Å²) in [5, 5.41) is 4.77. The Labute approximate surface area is 205 Å². The van der Waals surface area contributed by atoms with E-state index in [1.807, 2.05) is 0 Å². The quantitative estimate of drug-likeness (QED) is 0.290. The molecule has 6 nitrogen and oxygen atoms in total. The Hall–Kier alpha value is -5.10. The van der Waals surface area contributed by atoms with E-state index in [1.54, 1.807) is 18.6 Å². The Kier molecular flexibility index (Phi) is 3.85. The highest BCUT2D eigenvalue weighted by atomic mass is 15.2. The van der Waals surface area contributed by atoms with Crippen LogP contribution in [-0.4, -0.2) is 29.1 Å². The molecule has 0 saturated heterocycles. The van der Waals surface area contributed by atoms with Crippen molar-refractivity contribution in [3.63, 3.8) is 0 Å². The van der Waals surface area contributed by atoms with Gasteiger partial charge in [0.2, 0.25) is 5.95 Å². The largest absolute Gasteiger partial charge is 0.309 e. The highest BCUT2D eigenvalue weighted by molar-refractivity contribution is 6.26. The summed E-state index contributed by atoms with van der Waals surface area (Å²) in [6.07, 6.45) is 5.06. The molecule has 0 aliphatic carbocycles. The van der Waals surface area contributed by atoms with Gasteiger partial charge >= 0.3 is 0 Å². The van der Waals surface area contributed by atoms with Gasteiger partial charge in [-0.2, -0.15) is 4.98 Å². The minimum absolute atomic E-state index is 0.577. The van der Waals surface area contributed by atoms with Crippen LogP contribution in [0.25, 0.3) is 66.4 Å². The van der Waals surface area contributed by atoms with E-state index < -0.39 is 0 Å². The van der Waals surface area contributed by atoms with Crippen LogP contribution in [0.15, 0.2) is 110 Å². The molecule has 0 bridgehead atoms. The van der Waals surface area contributed by atoms with Crippen molar-refractivity contribution in [2.24, 2.45) is 0 Å². The smallest absolute Gasteiger partial charge is 0.236 e. The van der Waals surface area contributed by atoms with Crippen molar-refractivity contribution in [3.8, 4) is 11.6 Å². The molecule has 6 heteroatoms. The van der Waals surface area contributed by atoms with Crippen LogP contribution in [0.4, 0.5) is 0 Å². The minimum atomic E-state index is 0.577. The summed E-state index contributed by atoms with van der Waals surface area (Å²) < 4.78 is 4.50. The zero-order chi connectivity index (χ0) is 23.6. The molecule has 0 radical (unpaired) electrons. The fourth-order valence-electron chi connectivity index (χ4n) is 5.44. The second-order valence-electron chi connectivity index (χ2n) is 8.83. The summed E-state index contributed by atoms with van der Waals surface area (Å²) in [5.41, 5.74) is 6.84. The molecule has 0 amide bonds. The highest BCUT2D eigenvalue weighted by Crippen LogP contribution is 2.41. The van der Waals surface area contributed by atoms with Crippen molar-refractivity contribution in [1.82, 2.24) is 29.1 Å². The Bertz CT molecular complexity index is 2100. The van der Waals surface area contributed by atoms with Crippen LogP contribution in [0.2, 0.25) is 0 Å². The molecule has 0 aliphatic rings. The van der Waals surface area contributed by atoms with Crippen LogP contribution >= 0.6 is 0 Å². The van der Waals surface area contributed by atoms with Gasteiger partial charge in [0.1, 0.15) is 5.52 Å². The first kappa shape index (κ1) is 19.2. The van der Waals surface area contributed by atoms with Crippen LogP contribution in [0.3, 0.4) is 0 Å². The van der Waals surface area contributed by atoms with Gasteiger partial charge in [-0.1, -0.05) is 60.7 Å². The number of rotatable bonds is 2. The highest BCUT2D eigenvalue weighted by Gasteiger charge is 2.21. The van der Waals surface area contributed by atoms with Crippen molar-refractivity contribution >= 4 is 54.8 Å². The van der Waals surface area contributed by atoms with Crippen molar-refractivity contribution < 1.29 is 0 Å². The van der Waals surface area contributed by atoms with Crippen LogP contribution < -0.4 is 0 Å². The van der Waals surface area contributed by atoms with Crippen molar-refractivity contribution in [2.75, 3.05) is 0 Å². The van der Waals surface area contributed by atoms with Crippen LogP contribution in [0.1, 0.15) is 0 Å². The Balaban J connectivity index is 1.59. The number of para-hydroxylation sites is 3. The van der Waals surface area contributed by atoms with E-state index in [4.69, 9.17) is 9.97 Å². The van der Waals surface area contributed by atoms with Gasteiger partial charge in [0, 0.05) is 39.6 Å². The zero-order valence-corrected chi connectivity index (χ0v) is 19.1. The molecule has 0 spiro atoms. The SMILES string of the molecule is c1ccc(-n2c3ccccc3c3ccc4c(c5ccccc5n4-c4ncc5nccnc5n4)c32)cc1. The van der Waals surface area contributed by atoms with Crippen LogP contribution in [0, 0.1) is 0 Å². The van der Waals surface area contributed by atoms with Crippen molar-refractivity contribution in [1.29, 1.82) is 0 Å². The minimum Gasteiger partial charge on any atom is -0.309 e. The predicted octanol–water partition coefficient (Wildman–Crippen LogP) is 6.61. The number of nitrogens with zero attached hydrogens (tertiary/aromatic N) is 6. The summed E-state index contributed by atoms with van der Waals surface area (Å²) in [5.74, 6) is 0.580. The van der Waals surface area contributed by atoms with Crippen molar-refractivity contribution in [3.05, 3.63) is 110 Å². The average Bonchev–Trinajstić information content (AvgIpc) is 3.46. The summed E-state index contributed by atoms with van der Waals surface area (Å²) >= 11 is 0. The fraction of sp³-hybridized carbons (Fsp3) is 0. The lowest BCUT2D eigenvalue weighted by Gasteiger charge is -2.09. The molecule has 8 aromatic rings. The number of fused-ring (bicyclic) bond motifs is 8. The molecule has 4 heterocycles. The van der Waals surface area contributed by atoms with Gasteiger partial charge in [-0.05, 0) is 30.3 Å². The van der Waals surface area contributed by atoms with Crippen LogP contribution in [-0.2, 0) is 0 Å². The van der Waals surface area contributed by atoms with E-state index in [0.29, 0.717) is 17.1 Å². The molecular formula is C30H18N6. The van der Waals surface area contributed by atoms with E-state index in [0.717, 1.165) is 22.1 Å². The third kappa shape index (κ3) is 2.55. The summed E-state index contributed by atoms with van der Waals surface area (Å²) in [4.78, 5) is 18.2. The Morgan fingerprint density at radius 1 is 0.528 bits per heavy atom. The van der Waals surface area contributed by atoms with Gasteiger partial charge in [-0.25, -0.2) is 15.0 Å². The van der Waals surface area contributed by atoms with Crippen molar-refractivity contribution in [2.45, 2.75) is 0 Å². The summed E-state index contributed by atoms with van der Waals surface area (Å²) in [7, 11) is 0. The standard InChI is InChI=1S/C30H18N6/c1-2-8-19(9-3-1)35-24-12-6-4-10-20(24)21-14-15-26-27(28(21)35)22-11-5-7-13-25(22)36(26)30-33-18-23-29(34-30)32-17-16-31-23/h1-18H. The Morgan fingerprint density at radius 3 is 2.11 bits per heavy atom. The maximum absolute atomic E-state index is 4.79. The molecular weight excluding hydrogens is 444 g/mol. The number of hydrogen-bond donors (Lipinski definition) is 0. The Morgan fingerprint density at radius 2 is 1.25 bits per heavy atom. The zero-order valence-electron chi connectivity index (χ0n) is 19.1.